The Morgan fingerprint density at radius 1 is 0.933 bits per heavy atom. The second-order valence-electron chi connectivity index (χ2n) is 6.19. The lowest BCUT2D eigenvalue weighted by Crippen LogP contribution is -1.94. The Morgan fingerprint density at radius 3 is 2.10 bits per heavy atom. The van der Waals surface area contributed by atoms with Crippen LogP contribution in [0.2, 0.25) is 0 Å². The fourth-order valence-electron chi connectivity index (χ4n) is 2.60. The largest absolute Gasteiger partial charge is 0.504 e. The van der Waals surface area contributed by atoms with Crippen LogP contribution >= 0.6 is 31.9 Å². The second-order valence-corrected chi connectivity index (χ2v) is 7.78. The van der Waals surface area contributed by atoms with E-state index < -0.39 is 0 Å². The lowest BCUT2D eigenvalue weighted by molar-refractivity contribution is 0.104. The predicted molar refractivity (Wildman–Crippen MR) is 123 cm³/mol. The number of ether oxygens (including phenoxy) is 2. The second kappa shape index (κ2) is 9.82. The number of carbonyl (C=O) groups is 1. The minimum Gasteiger partial charge on any atom is -0.504 e. The third kappa shape index (κ3) is 5.23. The number of phenols is 2. The summed E-state index contributed by atoms with van der Waals surface area (Å²) in [5, 5.41) is 19.4. The van der Waals surface area contributed by atoms with Gasteiger partial charge in [-0.3, -0.25) is 4.79 Å². The van der Waals surface area contributed by atoms with Gasteiger partial charge in [0.05, 0.1) is 11.1 Å². The number of aromatic hydroxyl groups is 2. The van der Waals surface area contributed by atoms with E-state index in [-0.39, 0.29) is 17.3 Å². The van der Waals surface area contributed by atoms with Crippen LogP contribution in [0.5, 0.6) is 28.7 Å². The zero-order valence-corrected chi connectivity index (χ0v) is 19.1. The van der Waals surface area contributed by atoms with Crippen molar-refractivity contribution in [1.29, 1.82) is 0 Å². The molecule has 0 aromatic heterocycles. The first-order valence-corrected chi connectivity index (χ1v) is 10.6. The highest BCUT2D eigenvalue weighted by atomic mass is 79.9. The molecule has 3 aromatic rings. The van der Waals surface area contributed by atoms with E-state index in [4.69, 9.17) is 9.47 Å². The number of ketones is 1. The van der Waals surface area contributed by atoms with E-state index in [1.54, 1.807) is 30.3 Å². The van der Waals surface area contributed by atoms with Crippen molar-refractivity contribution in [2.45, 2.75) is 6.92 Å². The highest BCUT2D eigenvalue weighted by molar-refractivity contribution is 9.13. The first-order valence-electron chi connectivity index (χ1n) is 9.02. The highest BCUT2D eigenvalue weighted by Crippen LogP contribution is 2.41. The molecular weight excluding hydrogens is 516 g/mol. The Kier molecular flexibility index (Phi) is 7.18. The van der Waals surface area contributed by atoms with Crippen LogP contribution in [-0.4, -0.2) is 22.6 Å². The Labute approximate surface area is 190 Å². The van der Waals surface area contributed by atoms with Crippen LogP contribution < -0.4 is 9.47 Å². The first-order chi connectivity index (χ1) is 14.4. The topological polar surface area (TPSA) is 76.0 Å². The van der Waals surface area contributed by atoms with Gasteiger partial charge in [-0.1, -0.05) is 0 Å². The molecule has 0 fully saturated rings. The van der Waals surface area contributed by atoms with Crippen molar-refractivity contribution in [3.05, 3.63) is 80.7 Å². The summed E-state index contributed by atoms with van der Waals surface area (Å²) in [5.41, 5.74) is 1.03. The summed E-state index contributed by atoms with van der Waals surface area (Å²) < 4.78 is 12.0. The highest BCUT2D eigenvalue weighted by Gasteiger charge is 2.12. The van der Waals surface area contributed by atoms with Gasteiger partial charge >= 0.3 is 0 Å². The molecule has 2 N–H and O–H groups in total. The van der Waals surface area contributed by atoms with Crippen LogP contribution in [0, 0.1) is 0 Å². The Balaban J connectivity index is 1.69. The van der Waals surface area contributed by atoms with E-state index in [1.807, 2.05) is 31.2 Å². The minimum atomic E-state index is -0.284. The Bertz CT molecular complexity index is 1070. The Hall–Kier alpha value is -2.77. The fourth-order valence-corrected chi connectivity index (χ4v) is 3.47. The molecule has 0 saturated carbocycles. The number of hydrogen-bond donors (Lipinski definition) is 2. The summed E-state index contributed by atoms with van der Waals surface area (Å²) in [6.07, 6.45) is 2.95. The van der Waals surface area contributed by atoms with E-state index in [1.165, 1.54) is 12.1 Å². The number of phenolic OH excluding ortho intramolecular Hbond substituents is 2. The van der Waals surface area contributed by atoms with Crippen molar-refractivity contribution in [1.82, 2.24) is 0 Å². The van der Waals surface area contributed by atoms with Crippen molar-refractivity contribution in [2.75, 3.05) is 6.61 Å². The van der Waals surface area contributed by atoms with E-state index >= 15 is 0 Å². The molecule has 30 heavy (non-hydrogen) atoms. The molecule has 154 valence electrons. The molecule has 5 nitrogen and oxygen atoms in total. The number of carbonyl (C=O) groups excluding carboxylic acids is 1. The van der Waals surface area contributed by atoms with Gasteiger partial charge in [0.15, 0.2) is 17.3 Å². The molecule has 0 spiro atoms. The molecule has 0 bridgehead atoms. The Morgan fingerprint density at radius 2 is 1.50 bits per heavy atom. The normalized spacial score (nSPS) is 10.9. The number of halogens is 2. The lowest BCUT2D eigenvalue weighted by atomic mass is 10.1. The molecule has 3 rings (SSSR count). The van der Waals surface area contributed by atoms with E-state index in [2.05, 4.69) is 31.9 Å². The van der Waals surface area contributed by atoms with Gasteiger partial charge in [-0.25, -0.2) is 0 Å². The van der Waals surface area contributed by atoms with Crippen LogP contribution in [0.25, 0.3) is 6.08 Å². The third-order valence-corrected chi connectivity index (χ3v) is 6.27. The van der Waals surface area contributed by atoms with Crippen molar-refractivity contribution < 1.29 is 24.5 Å². The molecule has 0 atom stereocenters. The van der Waals surface area contributed by atoms with Gasteiger partial charge < -0.3 is 19.7 Å². The van der Waals surface area contributed by atoms with Gasteiger partial charge in [0, 0.05) is 10.0 Å². The lowest BCUT2D eigenvalue weighted by Gasteiger charge is -2.08. The minimum absolute atomic E-state index is 0.210. The molecule has 0 amide bonds. The molecule has 0 unspecified atom stereocenters. The summed E-state index contributed by atoms with van der Waals surface area (Å²) in [6, 6.07) is 15.4. The smallest absolute Gasteiger partial charge is 0.185 e. The van der Waals surface area contributed by atoms with Gasteiger partial charge in [-0.15, -0.1) is 0 Å². The molecular formula is C23H18Br2O5. The monoisotopic (exact) mass is 532 g/mol. The maximum atomic E-state index is 12.5. The molecule has 0 radical (unpaired) electrons. The number of benzene rings is 3. The van der Waals surface area contributed by atoms with Crippen molar-refractivity contribution in [3.63, 3.8) is 0 Å². The maximum absolute atomic E-state index is 12.5. The molecule has 0 aliphatic heterocycles. The van der Waals surface area contributed by atoms with Crippen molar-refractivity contribution in [2.24, 2.45) is 0 Å². The molecule has 0 saturated heterocycles. The average Bonchev–Trinajstić information content (AvgIpc) is 2.75. The summed E-state index contributed by atoms with van der Waals surface area (Å²) >= 11 is 6.50. The maximum Gasteiger partial charge on any atom is 0.185 e. The summed E-state index contributed by atoms with van der Waals surface area (Å²) in [5.74, 6) is 1.28. The molecule has 0 heterocycles. The summed E-state index contributed by atoms with van der Waals surface area (Å²) in [7, 11) is 0. The SMILES string of the molecule is CCOc1ccc(Oc2ccc(C(=O)/C=C/c3cc(O)c(O)c(Br)c3Br)cc2)cc1. The van der Waals surface area contributed by atoms with E-state index in [0.29, 0.717) is 38.2 Å². The number of rotatable bonds is 7. The standard InChI is InChI=1S/C23H18Br2O5/c1-2-29-16-8-10-18(11-9-16)30-17-6-3-14(4-7-17)19(26)12-5-15-13-20(27)23(28)22(25)21(15)24/h3-13,27-28H,2H2,1H3/b12-5+. The number of hydrogen-bond acceptors (Lipinski definition) is 5. The van der Waals surface area contributed by atoms with Gasteiger partial charge in [0.25, 0.3) is 0 Å². The van der Waals surface area contributed by atoms with Crippen LogP contribution in [0.1, 0.15) is 22.8 Å². The van der Waals surface area contributed by atoms with E-state index in [0.717, 1.165) is 5.75 Å². The molecule has 3 aromatic carbocycles. The summed E-state index contributed by atoms with van der Waals surface area (Å²) in [4.78, 5) is 12.5. The van der Waals surface area contributed by atoms with Crippen LogP contribution in [0.4, 0.5) is 0 Å². The zero-order valence-electron chi connectivity index (χ0n) is 15.9. The van der Waals surface area contributed by atoms with Gasteiger partial charge in [0.2, 0.25) is 0 Å². The van der Waals surface area contributed by atoms with Crippen molar-refractivity contribution in [3.8, 4) is 28.7 Å². The van der Waals surface area contributed by atoms with Crippen LogP contribution in [0.15, 0.2) is 69.6 Å². The zero-order chi connectivity index (χ0) is 21.7. The molecule has 0 aliphatic carbocycles. The predicted octanol–water partition coefficient (Wildman–Crippen LogP) is 6.71. The number of allylic oxidation sites excluding steroid dienone is 1. The van der Waals surface area contributed by atoms with Gasteiger partial charge in [-0.05, 0) is 111 Å². The fraction of sp³-hybridized carbons (Fsp3) is 0.0870. The van der Waals surface area contributed by atoms with Crippen LogP contribution in [-0.2, 0) is 0 Å². The first kappa shape index (κ1) is 21.9. The van der Waals surface area contributed by atoms with Crippen molar-refractivity contribution >= 4 is 43.7 Å². The van der Waals surface area contributed by atoms with Gasteiger partial charge in [-0.2, -0.15) is 0 Å². The molecule has 0 aliphatic rings. The average molecular weight is 534 g/mol. The van der Waals surface area contributed by atoms with Crippen LogP contribution in [0.3, 0.4) is 0 Å². The third-order valence-electron chi connectivity index (χ3n) is 4.11. The summed E-state index contributed by atoms with van der Waals surface area (Å²) in [6.45, 7) is 2.53. The van der Waals surface area contributed by atoms with Gasteiger partial charge in [0.1, 0.15) is 17.2 Å². The molecule has 7 heteroatoms. The van der Waals surface area contributed by atoms with E-state index in [9.17, 15) is 15.0 Å². The quantitative estimate of drug-likeness (QED) is 0.200.